The smallest absolute Gasteiger partial charge is 0.387 e. The third kappa shape index (κ3) is 5.07. The molecule has 0 saturated carbocycles. The zero-order valence-corrected chi connectivity index (χ0v) is 19.9. The highest BCUT2D eigenvalue weighted by Crippen LogP contribution is 2.30. The van der Waals surface area contributed by atoms with Crippen LogP contribution in [-0.4, -0.2) is 50.3 Å². The first kappa shape index (κ1) is 24.5. The summed E-state index contributed by atoms with van der Waals surface area (Å²) in [4.78, 5) is 26.3. The lowest BCUT2D eigenvalue weighted by Crippen LogP contribution is -2.37. The molecular weight excluding hydrogens is 487 g/mol. The zero-order valence-electron chi connectivity index (χ0n) is 19.9. The minimum atomic E-state index is -2.95. The van der Waals surface area contributed by atoms with Crippen LogP contribution < -0.4 is 9.64 Å². The molecule has 3 heterocycles. The van der Waals surface area contributed by atoms with E-state index in [1.54, 1.807) is 31.2 Å². The van der Waals surface area contributed by atoms with Gasteiger partial charge in [0.25, 0.3) is 0 Å². The fraction of sp³-hybridized carbons (Fsp3) is 0.308. The average molecular weight is 512 g/mol. The summed E-state index contributed by atoms with van der Waals surface area (Å²) >= 11 is 0. The number of nitrogens with zero attached hydrogens (tertiary/aromatic N) is 5. The van der Waals surface area contributed by atoms with Crippen molar-refractivity contribution < 1.29 is 27.8 Å². The summed E-state index contributed by atoms with van der Waals surface area (Å²) in [6.07, 6.45) is 4.10. The number of para-hydroxylation sites is 1. The Balaban J connectivity index is 1.43. The van der Waals surface area contributed by atoms with Gasteiger partial charge in [0.05, 0.1) is 23.5 Å². The van der Waals surface area contributed by atoms with Crippen molar-refractivity contribution in [3.63, 3.8) is 0 Å². The van der Waals surface area contributed by atoms with E-state index in [0.717, 1.165) is 0 Å². The number of aryl methyl sites for hydroxylation is 1. The van der Waals surface area contributed by atoms with Crippen LogP contribution in [0.4, 0.5) is 19.1 Å². The normalized spacial score (nSPS) is 14.5. The molecule has 0 unspecified atom stereocenters. The van der Waals surface area contributed by atoms with Crippen molar-refractivity contribution in [3.8, 4) is 16.9 Å². The highest BCUT2D eigenvalue weighted by atomic mass is 19.3. The van der Waals surface area contributed by atoms with Crippen LogP contribution in [0.1, 0.15) is 24.2 Å². The van der Waals surface area contributed by atoms with Gasteiger partial charge in [-0.25, -0.2) is 19.3 Å². The number of carbonyl (C=O) groups is 1. The number of carboxylic acid groups (broad SMARTS) is 1. The van der Waals surface area contributed by atoms with Crippen LogP contribution in [0.5, 0.6) is 5.75 Å². The van der Waals surface area contributed by atoms with Crippen LogP contribution in [0, 0.1) is 18.7 Å². The lowest BCUT2D eigenvalue weighted by molar-refractivity contribution is -0.142. The van der Waals surface area contributed by atoms with Gasteiger partial charge in [-0.3, -0.25) is 4.79 Å². The predicted octanol–water partition coefficient (Wildman–Crippen LogP) is 4.89. The van der Waals surface area contributed by atoms with E-state index in [9.17, 15) is 18.7 Å². The van der Waals surface area contributed by atoms with Gasteiger partial charge in [-0.15, -0.1) is 0 Å². The zero-order chi connectivity index (χ0) is 26.1. The van der Waals surface area contributed by atoms with E-state index in [1.165, 1.54) is 24.5 Å². The molecule has 5 rings (SSSR count). The number of aliphatic carboxylic acids is 1. The molecule has 1 fully saturated rings. The van der Waals surface area contributed by atoms with Crippen molar-refractivity contribution in [2.24, 2.45) is 5.92 Å². The summed E-state index contributed by atoms with van der Waals surface area (Å²) < 4.78 is 47.3. The molecule has 0 bridgehead atoms. The van der Waals surface area contributed by atoms with E-state index in [4.69, 9.17) is 0 Å². The second-order valence-electron chi connectivity index (χ2n) is 8.92. The number of fused-ring (bicyclic) bond motifs is 1. The molecule has 192 valence electrons. The third-order valence-corrected chi connectivity index (χ3v) is 6.62. The van der Waals surface area contributed by atoms with Crippen molar-refractivity contribution in [1.82, 2.24) is 19.5 Å². The molecular formula is C26H24F3N5O3. The van der Waals surface area contributed by atoms with Gasteiger partial charge in [0.15, 0.2) is 0 Å². The van der Waals surface area contributed by atoms with Crippen LogP contribution in [0.15, 0.2) is 48.8 Å². The van der Waals surface area contributed by atoms with E-state index >= 15 is 4.39 Å². The van der Waals surface area contributed by atoms with Crippen LogP contribution in [0.3, 0.4) is 0 Å². The molecule has 0 atom stereocenters. The molecule has 1 saturated heterocycles. The van der Waals surface area contributed by atoms with Crippen LogP contribution in [0.2, 0.25) is 0 Å². The summed E-state index contributed by atoms with van der Waals surface area (Å²) in [5, 5.41) is 9.18. The number of carboxylic acids is 1. The SMILES string of the molecule is Cc1nc2cc(F)c(-c3cnc(N4CCC(C(=O)O)CC4)nc3)cc2n1Cc1ccccc1OC(F)F. The molecule has 1 N–H and O–H groups in total. The molecule has 2 aromatic heterocycles. The fourth-order valence-corrected chi connectivity index (χ4v) is 4.65. The monoisotopic (exact) mass is 511 g/mol. The van der Waals surface area contributed by atoms with Gasteiger partial charge in [-0.1, -0.05) is 18.2 Å². The molecule has 4 aromatic rings. The number of aromatic nitrogens is 4. The first-order chi connectivity index (χ1) is 17.8. The highest BCUT2D eigenvalue weighted by molar-refractivity contribution is 5.83. The van der Waals surface area contributed by atoms with Crippen LogP contribution >= 0.6 is 0 Å². The van der Waals surface area contributed by atoms with Crippen molar-refractivity contribution >= 4 is 23.0 Å². The Morgan fingerprint density at radius 1 is 1.16 bits per heavy atom. The molecule has 8 nitrogen and oxygen atoms in total. The van der Waals surface area contributed by atoms with Gasteiger partial charge >= 0.3 is 12.6 Å². The summed E-state index contributed by atoms with van der Waals surface area (Å²) in [7, 11) is 0. The Morgan fingerprint density at radius 2 is 1.86 bits per heavy atom. The standard InChI is InChI=1S/C26H24F3N5O3/c1-15-32-21-11-20(27)19(10-22(21)34(15)14-17-4-2-3-5-23(17)37-25(28)29)18-12-30-26(31-13-18)33-8-6-16(7-9-33)24(35)36/h2-5,10-13,16,25H,6-9,14H2,1H3,(H,35,36). The molecule has 1 aliphatic heterocycles. The Bertz CT molecular complexity index is 1430. The number of rotatable bonds is 7. The molecule has 1 aliphatic rings. The number of benzene rings is 2. The lowest BCUT2D eigenvalue weighted by Gasteiger charge is -2.30. The number of anilines is 1. The first-order valence-electron chi connectivity index (χ1n) is 11.8. The maximum Gasteiger partial charge on any atom is 0.387 e. The molecule has 11 heteroatoms. The molecule has 0 amide bonds. The summed E-state index contributed by atoms with van der Waals surface area (Å²) in [5.41, 5.74) is 2.35. The van der Waals surface area contributed by atoms with Gasteiger partial charge in [-0.05, 0) is 31.9 Å². The largest absolute Gasteiger partial charge is 0.481 e. The maximum absolute atomic E-state index is 15.1. The van der Waals surface area contributed by atoms with Gasteiger partial charge in [0.1, 0.15) is 17.4 Å². The second kappa shape index (κ2) is 10.1. The third-order valence-electron chi connectivity index (χ3n) is 6.62. The minimum Gasteiger partial charge on any atom is -0.481 e. The van der Waals surface area contributed by atoms with Crippen LogP contribution in [0.25, 0.3) is 22.2 Å². The maximum atomic E-state index is 15.1. The van der Waals surface area contributed by atoms with Gasteiger partial charge in [0.2, 0.25) is 5.95 Å². The topological polar surface area (TPSA) is 93.4 Å². The quantitative estimate of drug-likeness (QED) is 0.378. The summed E-state index contributed by atoms with van der Waals surface area (Å²) in [5.74, 6) is -0.519. The van der Waals surface area contributed by atoms with Gasteiger partial charge in [0, 0.05) is 48.2 Å². The van der Waals surface area contributed by atoms with Crippen molar-refractivity contribution in [1.29, 1.82) is 0 Å². The number of alkyl halides is 2. The Morgan fingerprint density at radius 3 is 2.54 bits per heavy atom. The average Bonchev–Trinajstić information content (AvgIpc) is 3.18. The van der Waals surface area contributed by atoms with Gasteiger partial charge < -0.3 is 19.3 Å². The van der Waals surface area contributed by atoms with Crippen molar-refractivity contribution in [2.45, 2.75) is 32.9 Å². The fourth-order valence-electron chi connectivity index (χ4n) is 4.65. The Labute approximate surface area is 210 Å². The number of piperidine rings is 1. The molecule has 37 heavy (non-hydrogen) atoms. The van der Waals surface area contributed by atoms with Crippen molar-refractivity contribution in [3.05, 3.63) is 66.0 Å². The van der Waals surface area contributed by atoms with Gasteiger partial charge in [-0.2, -0.15) is 8.78 Å². The van der Waals surface area contributed by atoms with E-state index in [0.29, 0.717) is 59.9 Å². The van der Waals surface area contributed by atoms with E-state index < -0.39 is 18.4 Å². The predicted molar refractivity (Wildman–Crippen MR) is 130 cm³/mol. The highest BCUT2D eigenvalue weighted by Gasteiger charge is 2.26. The minimum absolute atomic E-state index is 0.0671. The van der Waals surface area contributed by atoms with Crippen LogP contribution in [-0.2, 0) is 11.3 Å². The number of halogens is 3. The summed E-state index contributed by atoms with van der Waals surface area (Å²) in [6, 6.07) is 9.50. The number of imidazole rings is 1. The first-order valence-corrected chi connectivity index (χ1v) is 11.8. The van der Waals surface area contributed by atoms with E-state index in [2.05, 4.69) is 19.7 Å². The number of hydrogen-bond donors (Lipinski definition) is 1. The molecule has 0 radical (unpaired) electrons. The van der Waals surface area contributed by atoms with Crippen molar-refractivity contribution in [2.75, 3.05) is 18.0 Å². The van der Waals surface area contributed by atoms with E-state index in [-0.39, 0.29) is 23.8 Å². The lowest BCUT2D eigenvalue weighted by atomic mass is 9.97. The summed E-state index contributed by atoms with van der Waals surface area (Å²) in [6.45, 7) is 0.0870. The molecule has 2 aromatic carbocycles. The Kier molecular flexibility index (Phi) is 6.68. The second-order valence-corrected chi connectivity index (χ2v) is 8.92. The van der Waals surface area contributed by atoms with E-state index in [1.807, 2.05) is 9.47 Å². The molecule has 0 aliphatic carbocycles. The Hall–Kier alpha value is -4.15. The number of ether oxygens (including phenoxy) is 1. The molecule has 0 spiro atoms. The number of hydrogen-bond acceptors (Lipinski definition) is 6.